The first-order chi connectivity index (χ1) is 43.7. The molecule has 2 aromatic rings. The summed E-state index contributed by atoms with van der Waals surface area (Å²) in [6.07, 6.45) is 9.19. The molecule has 2 saturated heterocycles. The largest absolute Gasteiger partial charge is 0.495 e. The maximum absolute atomic E-state index is 14.4. The smallest absolute Gasteiger partial charge is 0.413 e. The van der Waals surface area contributed by atoms with Gasteiger partial charge in [0, 0.05) is 98.1 Å². The molecule has 4 aliphatic heterocycles. The summed E-state index contributed by atoms with van der Waals surface area (Å²) in [6.45, 7) is 6.35. The van der Waals surface area contributed by atoms with Crippen LogP contribution in [0, 0.1) is 5.92 Å². The van der Waals surface area contributed by atoms with E-state index in [1.165, 1.54) is 87.1 Å². The lowest BCUT2D eigenvalue weighted by Crippen LogP contribution is -2.63. The van der Waals surface area contributed by atoms with Gasteiger partial charge >= 0.3 is 24.2 Å². The number of anilines is 1. The van der Waals surface area contributed by atoms with Crippen molar-refractivity contribution in [3.63, 3.8) is 0 Å². The van der Waals surface area contributed by atoms with Crippen molar-refractivity contribution in [3.8, 4) is 11.5 Å². The molecule has 9 atom stereocenters. The van der Waals surface area contributed by atoms with Gasteiger partial charge in [-0.15, -0.1) is 0 Å². The minimum absolute atomic E-state index is 0.0186. The Morgan fingerprint density at radius 2 is 1.70 bits per heavy atom. The van der Waals surface area contributed by atoms with Crippen LogP contribution in [0.1, 0.15) is 101 Å². The molecule has 0 aromatic heterocycles. The molecule has 1 aliphatic carbocycles. The van der Waals surface area contributed by atoms with E-state index < -0.39 is 113 Å². The first-order valence-corrected chi connectivity index (χ1v) is 31.7. The highest BCUT2D eigenvalue weighted by Gasteiger charge is 2.64. The second-order valence-corrected chi connectivity index (χ2v) is 25.0. The molecule has 9 amide bonds. The number of allylic oxidation sites excluding steroid dienone is 4. The second kappa shape index (κ2) is 32.0. The molecule has 500 valence electrons. The van der Waals surface area contributed by atoms with Crippen molar-refractivity contribution in [3.05, 3.63) is 100 Å². The highest BCUT2D eigenvalue weighted by Crippen LogP contribution is 2.49. The Bertz CT molecular complexity index is 3230. The summed E-state index contributed by atoms with van der Waals surface area (Å²) in [6, 6.07) is 6.34. The fourth-order valence-corrected chi connectivity index (χ4v) is 12.1. The number of halogens is 1. The van der Waals surface area contributed by atoms with E-state index in [1.54, 1.807) is 38.1 Å². The molecule has 4 N–H and O–H groups in total. The zero-order valence-corrected chi connectivity index (χ0v) is 55.1. The van der Waals surface area contributed by atoms with E-state index >= 15 is 0 Å². The van der Waals surface area contributed by atoms with Crippen LogP contribution in [-0.4, -0.2) is 206 Å². The molecule has 0 radical (unpaired) electrons. The van der Waals surface area contributed by atoms with Crippen molar-refractivity contribution in [1.82, 2.24) is 35.6 Å². The van der Waals surface area contributed by atoms with Gasteiger partial charge in [-0.05, 0) is 81.8 Å². The lowest BCUT2D eigenvalue weighted by molar-refractivity contribution is -0.162. The number of methoxy groups -OCH3 is 2. The molecule has 5 aliphatic rings. The minimum atomic E-state index is -1.91. The molecule has 0 spiro atoms. The molecular formula is C64H83ClN8O18S. The zero-order valence-electron chi connectivity index (χ0n) is 53.5. The molecule has 92 heavy (non-hydrogen) atoms. The van der Waals surface area contributed by atoms with E-state index in [1.807, 2.05) is 25.2 Å². The predicted molar refractivity (Wildman–Crippen MR) is 339 cm³/mol. The van der Waals surface area contributed by atoms with Crippen LogP contribution in [0.5, 0.6) is 11.5 Å². The number of hydrogen-bond donors (Lipinski definition) is 4. The van der Waals surface area contributed by atoms with Crippen molar-refractivity contribution in [1.29, 1.82) is 0 Å². The molecule has 2 aromatic carbocycles. The van der Waals surface area contributed by atoms with E-state index in [9.17, 15) is 53.1 Å². The van der Waals surface area contributed by atoms with Crippen LogP contribution in [0.3, 0.4) is 0 Å². The van der Waals surface area contributed by atoms with E-state index in [-0.39, 0.29) is 73.8 Å². The number of likely N-dealkylation sites (N-methyl/N-ethyl adjacent to an activating group) is 3. The van der Waals surface area contributed by atoms with Crippen LogP contribution in [0.15, 0.2) is 78.4 Å². The molecule has 2 fully saturated rings. The Morgan fingerprint density at radius 3 is 2.41 bits per heavy atom. The fourth-order valence-electron chi connectivity index (χ4n) is 11.0. The Labute approximate surface area is 544 Å². The van der Waals surface area contributed by atoms with Gasteiger partial charge in [0.15, 0.2) is 5.72 Å². The zero-order chi connectivity index (χ0) is 67.2. The quantitative estimate of drug-likeness (QED) is 0.0379. The number of ether oxygens (including phenoxy) is 7. The van der Waals surface area contributed by atoms with Gasteiger partial charge in [0.2, 0.25) is 11.8 Å². The van der Waals surface area contributed by atoms with Crippen molar-refractivity contribution in [2.24, 2.45) is 5.92 Å². The Morgan fingerprint density at radius 1 is 0.967 bits per heavy atom. The average molecular weight is 1320 g/mol. The van der Waals surface area contributed by atoms with Gasteiger partial charge < -0.3 is 68.5 Å². The van der Waals surface area contributed by atoms with Gasteiger partial charge in [0.1, 0.15) is 53.1 Å². The number of nitrogens with zero attached hydrogens (tertiary/aromatic N) is 5. The van der Waals surface area contributed by atoms with Crippen LogP contribution in [-0.2, 0) is 60.7 Å². The number of carbonyl (C=O) groups is 10. The van der Waals surface area contributed by atoms with Gasteiger partial charge in [-0.1, -0.05) is 85.1 Å². The van der Waals surface area contributed by atoms with Gasteiger partial charge in [0.05, 0.1) is 36.9 Å². The van der Waals surface area contributed by atoms with Crippen molar-refractivity contribution >= 4 is 88.1 Å². The Hall–Kier alpha value is -7.98. The van der Waals surface area contributed by atoms with Crippen LogP contribution >= 0.6 is 23.4 Å². The van der Waals surface area contributed by atoms with Gasteiger partial charge in [-0.3, -0.25) is 39.0 Å². The number of alkyl carbamates (subject to hydrolysis) is 1. The van der Waals surface area contributed by atoms with Gasteiger partial charge in [0.25, 0.3) is 23.0 Å². The Balaban J connectivity index is 0.927. The number of nitrogens with one attached hydrogen (secondary N) is 3. The third-order valence-corrected chi connectivity index (χ3v) is 18.2. The second-order valence-electron chi connectivity index (χ2n) is 23.6. The number of amides is 9. The number of thioether (sulfide) groups is 1. The standard InChI is InChI=1S/C64H83ClN8O18S/c1-38-17-16-20-49(86-10)64(84)36-48(89-60(81)68-64)39(2)56-63(4,91-56)50(35-54(77)72(8)45-33-42(31-38)34-47(85-9)55(45)65)90-58(79)40(3)71(7)51(74)25-30-92-62(83)70(6)29-28-69(5)61(82)87-37-41-21-22-46(88-59(80)67-43-18-14-12-11-13-15-19-43)44(32-41)57(78)66-26-27-73-52(75)23-24-53(73)76/h14,16-18,20-24,32-34,39-40,43,48-50,56,84H,11-13,15,19,25-31,35-37H2,1-10H3,(H,66,78)(H,67,80)(H,68,81)/b18-14+,20-16+,38-17+/t39-,40+,43?,48+,49-,50+,56+,63+,64+/m1/s1. The number of epoxide rings is 1. The van der Waals surface area contributed by atoms with E-state index in [4.69, 9.17) is 44.8 Å². The molecule has 4 bridgehead atoms. The van der Waals surface area contributed by atoms with Gasteiger partial charge in [-0.25, -0.2) is 19.2 Å². The number of carbonyl (C=O) groups excluding carboxylic acids is 10. The number of hydrogen-bond acceptors (Lipinski definition) is 19. The molecule has 7 rings (SSSR count). The molecule has 4 heterocycles. The normalized spacial score (nSPS) is 25.6. The van der Waals surface area contributed by atoms with Crippen LogP contribution < -0.4 is 30.3 Å². The van der Waals surface area contributed by atoms with Gasteiger partial charge in [-0.2, -0.15) is 0 Å². The van der Waals surface area contributed by atoms with Crippen molar-refractivity contribution in [2.75, 3.05) is 79.2 Å². The maximum atomic E-state index is 14.4. The minimum Gasteiger partial charge on any atom is -0.495 e. The third kappa shape index (κ3) is 18.4. The number of esters is 1. The summed E-state index contributed by atoms with van der Waals surface area (Å²) in [5, 5.41) is 19.6. The van der Waals surface area contributed by atoms with Crippen LogP contribution in [0.25, 0.3) is 0 Å². The number of aliphatic hydroxyl groups is 1. The lowest BCUT2D eigenvalue weighted by atomic mass is 9.83. The third-order valence-electron chi connectivity index (χ3n) is 16.9. The number of fused-ring (bicyclic) bond motifs is 5. The summed E-state index contributed by atoms with van der Waals surface area (Å²) < 4.78 is 40.6. The predicted octanol–water partition coefficient (Wildman–Crippen LogP) is 6.59. The first kappa shape index (κ1) is 71.5. The SMILES string of the molecule is COc1cc2cc(c1Cl)N(C)C(=O)C[C@H](OC(=O)[C@H](C)N(C)C(=O)CCSC(=O)N(C)CCN(C)C(=O)OCc1ccc(OC(=O)NC3/C=C/CCCCC3)c(C(=O)NCCN3C(=O)C=CC3=O)c1)[C@]1(C)O[C@H]1[C@H](C)[C@@H]1C[C@@](O)(NC(=O)O1)[C@H](OC)/C=C/C=C(\C)C2. The number of benzene rings is 2. The fraction of sp³-hybridized carbons (Fsp3) is 0.531. The van der Waals surface area contributed by atoms with E-state index in [0.717, 1.165) is 65.6 Å². The molecule has 0 saturated carbocycles. The summed E-state index contributed by atoms with van der Waals surface area (Å²) >= 11 is 7.68. The Kier molecular flexibility index (Phi) is 24.9. The van der Waals surface area contributed by atoms with E-state index in [0.29, 0.717) is 29.8 Å². The van der Waals surface area contributed by atoms with Crippen LogP contribution in [0.4, 0.5) is 24.9 Å². The summed E-state index contributed by atoms with van der Waals surface area (Å²) in [7, 11) is 8.78. The molecule has 26 nitrogen and oxygen atoms in total. The van der Waals surface area contributed by atoms with Crippen molar-refractivity contribution < 1.29 is 86.2 Å². The van der Waals surface area contributed by atoms with Crippen molar-refractivity contribution in [2.45, 2.75) is 140 Å². The molecule has 1 unspecified atom stereocenters. The monoisotopic (exact) mass is 1320 g/mol. The molecule has 28 heteroatoms. The average Bonchev–Trinajstić information content (AvgIpc) is 1.56. The summed E-state index contributed by atoms with van der Waals surface area (Å²) in [5.41, 5.74) is -1.02. The van der Waals surface area contributed by atoms with E-state index in [2.05, 4.69) is 16.0 Å². The number of imide groups is 1. The molecular weight excluding hydrogens is 1240 g/mol. The summed E-state index contributed by atoms with van der Waals surface area (Å²) in [5.74, 6) is -3.99. The highest BCUT2D eigenvalue weighted by molar-refractivity contribution is 8.13. The number of rotatable bonds is 19. The summed E-state index contributed by atoms with van der Waals surface area (Å²) in [4.78, 5) is 139. The highest BCUT2D eigenvalue weighted by atomic mass is 35.5. The first-order valence-electron chi connectivity index (χ1n) is 30.4. The lowest BCUT2D eigenvalue weighted by Gasteiger charge is -2.42. The topological polar surface area (TPSA) is 311 Å². The van der Waals surface area contributed by atoms with Crippen LogP contribution in [0.2, 0.25) is 5.02 Å². The maximum Gasteiger partial charge on any atom is 0.413 e.